The van der Waals surface area contributed by atoms with Crippen LogP contribution in [0.25, 0.3) is 0 Å². The summed E-state index contributed by atoms with van der Waals surface area (Å²) in [5, 5.41) is 2.85. The highest BCUT2D eigenvalue weighted by Gasteiger charge is 2.30. The number of benzene rings is 2. The van der Waals surface area contributed by atoms with E-state index in [1.807, 2.05) is 37.4 Å². The second-order valence-electron chi connectivity index (χ2n) is 6.83. The van der Waals surface area contributed by atoms with E-state index in [0.29, 0.717) is 12.1 Å². The Bertz CT molecular complexity index is 750. The van der Waals surface area contributed by atoms with Gasteiger partial charge in [-0.05, 0) is 37.2 Å². The van der Waals surface area contributed by atoms with E-state index in [-0.39, 0.29) is 19.0 Å². The van der Waals surface area contributed by atoms with Gasteiger partial charge in [-0.25, -0.2) is 0 Å². The topological polar surface area (TPSA) is 35.6 Å². The van der Waals surface area contributed by atoms with Crippen molar-refractivity contribution < 1.29 is 18.0 Å². The molecule has 0 aliphatic rings. The van der Waals surface area contributed by atoms with Crippen molar-refractivity contribution in [1.82, 2.24) is 10.2 Å². The van der Waals surface area contributed by atoms with Gasteiger partial charge in [-0.15, -0.1) is 0 Å². The Kier molecular flexibility index (Phi) is 7.87. The average molecular weight is 393 g/mol. The zero-order chi connectivity index (χ0) is 20.6. The van der Waals surface area contributed by atoms with Gasteiger partial charge in [-0.1, -0.05) is 36.4 Å². The Morgan fingerprint density at radius 3 is 2.43 bits per heavy atom. The number of rotatable bonds is 9. The van der Waals surface area contributed by atoms with Crippen LogP contribution in [0.3, 0.4) is 0 Å². The van der Waals surface area contributed by atoms with E-state index >= 15 is 0 Å². The largest absolute Gasteiger partial charge is 0.416 e. The number of hydrogen-bond acceptors (Lipinski definition) is 3. The first-order valence-electron chi connectivity index (χ1n) is 9.13. The summed E-state index contributed by atoms with van der Waals surface area (Å²) in [6, 6.07) is 15.2. The van der Waals surface area contributed by atoms with E-state index in [1.165, 1.54) is 6.07 Å². The molecule has 1 amide bonds. The molecule has 0 unspecified atom stereocenters. The number of para-hydroxylation sites is 1. The Morgan fingerprint density at radius 2 is 1.75 bits per heavy atom. The normalized spacial score (nSPS) is 11.5. The van der Waals surface area contributed by atoms with Crippen LogP contribution in [0, 0.1) is 0 Å². The van der Waals surface area contributed by atoms with Crippen molar-refractivity contribution in [2.75, 3.05) is 38.6 Å². The Balaban J connectivity index is 1.70. The molecular formula is C21H26F3N3O. The van der Waals surface area contributed by atoms with Crippen LogP contribution in [0.15, 0.2) is 54.6 Å². The number of alkyl halides is 3. The zero-order valence-electron chi connectivity index (χ0n) is 16.2. The molecule has 0 aliphatic carbocycles. The number of nitrogens with zero attached hydrogens (tertiary/aromatic N) is 2. The van der Waals surface area contributed by atoms with Crippen molar-refractivity contribution in [3.05, 3.63) is 65.7 Å². The highest BCUT2D eigenvalue weighted by molar-refractivity contribution is 5.77. The van der Waals surface area contributed by atoms with Crippen molar-refractivity contribution in [2.24, 2.45) is 0 Å². The fourth-order valence-electron chi connectivity index (χ4n) is 2.87. The smallest absolute Gasteiger partial charge is 0.375 e. The van der Waals surface area contributed by atoms with E-state index < -0.39 is 11.7 Å². The maximum atomic E-state index is 12.8. The highest BCUT2D eigenvalue weighted by atomic mass is 19.4. The molecule has 0 bridgehead atoms. The quantitative estimate of drug-likeness (QED) is 0.659. The number of nitrogens with one attached hydrogen (secondary N) is 1. The lowest BCUT2D eigenvalue weighted by atomic mass is 10.1. The standard InChI is InChI=1S/C21H26F3N3O/c1-26(15-17-8-6-9-18(14-17)21(22,23)24)16-20(28)25-12-7-13-27(2)19-10-4-3-5-11-19/h3-6,8-11,14H,7,12-13,15-16H2,1-2H3,(H,25,28). The maximum absolute atomic E-state index is 12.8. The minimum absolute atomic E-state index is 0.130. The summed E-state index contributed by atoms with van der Waals surface area (Å²) >= 11 is 0. The van der Waals surface area contributed by atoms with Crippen LogP contribution in [0.1, 0.15) is 17.5 Å². The first-order valence-corrected chi connectivity index (χ1v) is 9.13. The van der Waals surface area contributed by atoms with Crippen LogP contribution < -0.4 is 10.2 Å². The van der Waals surface area contributed by atoms with E-state index in [2.05, 4.69) is 10.2 Å². The molecule has 7 heteroatoms. The predicted molar refractivity (Wildman–Crippen MR) is 105 cm³/mol. The molecule has 1 N–H and O–H groups in total. The van der Waals surface area contributed by atoms with Gasteiger partial charge in [0.2, 0.25) is 5.91 Å². The molecule has 2 rings (SSSR count). The third-order valence-electron chi connectivity index (χ3n) is 4.31. The molecule has 2 aromatic rings. The lowest BCUT2D eigenvalue weighted by Gasteiger charge is -2.20. The molecule has 0 fully saturated rings. The fourth-order valence-corrected chi connectivity index (χ4v) is 2.87. The molecule has 0 radical (unpaired) electrons. The molecule has 0 spiro atoms. The van der Waals surface area contributed by atoms with Gasteiger partial charge in [0.1, 0.15) is 0 Å². The van der Waals surface area contributed by atoms with E-state index in [1.54, 1.807) is 18.0 Å². The zero-order valence-corrected chi connectivity index (χ0v) is 16.2. The molecule has 0 aliphatic heterocycles. The number of hydrogen-bond donors (Lipinski definition) is 1. The van der Waals surface area contributed by atoms with E-state index in [4.69, 9.17) is 0 Å². The summed E-state index contributed by atoms with van der Waals surface area (Å²) in [6.45, 7) is 1.76. The number of carbonyl (C=O) groups excluding carboxylic acids is 1. The van der Waals surface area contributed by atoms with Crippen molar-refractivity contribution in [3.63, 3.8) is 0 Å². The third kappa shape index (κ3) is 7.23. The van der Waals surface area contributed by atoms with E-state index in [9.17, 15) is 18.0 Å². The average Bonchev–Trinajstić information content (AvgIpc) is 2.65. The van der Waals surface area contributed by atoms with Crippen LogP contribution in [0.4, 0.5) is 18.9 Å². The number of halogens is 3. The van der Waals surface area contributed by atoms with Gasteiger partial charge in [0, 0.05) is 32.4 Å². The molecule has 0 saturated heterocycles. The van der Waals surface area contributed by atoms with Crippen molar-refractivity contribution in [2.45, 2.75) is 19.1 Å². The van der Waals surface area contributed by atoms with E-state index in [0.717, 1.165) is 30.8 Å². The van der Waals surface area contributed by atoms with Gasteiger partial charge < -0.3 is 10.2 Å². The summed E-state index contributed by atoms with van der Waals surface area (Å²) in [6.07, 6.45) is -3.56. The Hall–Kier alpha value is -2.54. The SMILES string of the molecule is CN(CC(=O)NCCCN(C)c1ccccc1)Cc1cccc(C(F)(F)F)c1. The summed E-state index contributed by atoms with van der Waals surface area (Å²) in [5.41, 5.74) is 0.967. The Labute approximate surface area is 164 Å². The summed E-state index contributed by atoms with van der Waals surface area (Å²) in [7, 11) is 3.71. The van der Waals surface area contributed by atoms with Crippen molar-refractivity contribution >= 4 is 11.6 Å². The van der Waals surface area contributed by atoms with Crippen molar-refractivity contribution in [3.8, 4) is 0 Å². The number of carbonyl (C=O) groups is 1. The summed E-state index contributed by atoms with van der Waals surface area (Å²) in [5.74, 6) is -0.142. The monoisotopic (exact) mass is 393 g/mol. The minimum Gasteiger partial charge on any atom is -0.375 e. The predicted octanol–water partition coefficient (Wildman–Crippen LogP) is 3.78. The van der Waals surface area contributed by atoms with Crippen LogP contribution in [0.2, 0.25) is 0 Å². The molecular weight excluding hydrogens is 367 g/mol. The van der Waals surface area contributed by atoms with Gasteiger partial charge in [-0.2, -0.15) is 13.2 Å². The van der Waals surface area contributed by atoms with Gasteiger partial charge in [0.15, 0.2) is 0 Å². The number of likely N-dealkylation sites (N-methyl/N-ethyl adjacent to an activating group) is 1. The molecule has 152 valence electrons. The second kappa shape index (κ2) is 10.1. The summed E-state index contributed by atoms with van der Waals surface area (Å²) < 4.78 is 38.3. The van der Waals surface area contributed by atoms with Crippen LogP contribution in [0.5, 0.6) is 0 Å². The molecule has 0 atom stereocenters. The maximum Gasteiger partial charge on any atom is 0.416 e. The molecule has 0 heterocycles. The second-order valence-corrected chi connectivity index (χ2v) is 6.83. The lowest BCUT2D eigenvalue weighted by molar-refractivity contribution is -0.137. The van der Waals surface area contributed by atoms with Gasteiger partial charge >= 0.3 is 6.18 Å². The molecule has 0 saturated carbocycles. The lowest BCUT2D eigenvalue weighted by Crippen LogP contribution is -2.36. The van der Waals surface area contributed by atoms with Crippen LogP contribution >= 0.6 is 0 Å². The first kappa shape index (κ1) is 21.8. The van der Waals surface area contributed by atoms with Gasteiger partial charge in [-0.3, -0.25) is 9.69 Å². The molecule has 28 heavy (non-hydrogen) atoms. The van der Waals surface area contributed by atoms with Gasteiger partial charge in [0.05, 0.1) is 12.1 Å². The van der Waals surface area contributed by atoms with Crippen molar-refractivity contribution in [1.29, 1.82) is 0 Å². The van der Waals surface area contributed by atoms with Crippen LogP contribution in [-0.4, -0.2) is 44.5 Å². The number of anilines is 1. The van der Waals surface area contributed by atoms with Crippen LogP contribution in [-0.2, 0) is 17.5 Å². The summed E-state index contributed by atoms with van der Waals surface area (Å²) in [4.78, 5) is 15.9. The Morgan fingerprint density at radius 1 is 1.04 bits per heavy atom. The number of amides is 1. The molecule has 2 aromatic carbocycles. The third-order valence-corrected chi connectivity index (χ3v) is 4.31. The fraction of sp³-hybridized carbons (Fsp3) is 0.381. The first-order chi connectivity index (χ1) is 13.3. The molecule has 0 aromatic heterocycles. The molecule has 4 nitrogen and oxygen atoms in total. The van der Waals surface area contributed by atoms with Gasteiger partial charge in [0.25, 0.3) is 0 Å². The highest BCUT2D eigenvalue weighted by Crippen LogP contribution is 2.29. The minimum atomic E-state index is -4.36.